The second kappa shape index (κ2) is 7.92. The van der Waals surface area contributed by atoms with Crippen LogP contribution < -0.4 is 0 Å². The summed E-state index contributed by atoms with van der Waals surface area (Å²) in [5.74, 6) is -0.0557. The van der Waals surface area contributed by atoms with Gasteiger partial charge in [-0.15, -0.1) is 0 Å². The van der Waals surface area contributed by atoms with E-state index in [2.05, 4.69) is 0 Å². The molecule has 4 rings (SSSR count). The fourth-order valence-corrected chi connectivity index (χ4v) is 3.88. The Labute approximate surface area is 180 Å². The topological polar surface area (TPSA) is 51.0 Å². The summed E-state index contributed by atoms with van der Waals surface area (Å²) in [7, 11) is 1.82. The highest BCUT2D eigenvalue weighted by molar-refractivity contribution is 6.31. The van der Waals surface area contributed by atoms with Crippen LogP contribution in [0.4, 0.5) is 0 Å². The van der Waals surface area contributed by atoms with Gasteiger partial charge in [0.15, 0.2) is 5.65 Å². The first-order valence-electron chi connectivity index (χ1n) is 9.78. The number of rotatable bonds is 4. The zero-order valence-electron chi connectivity index (χ0n) is 17.5. The summed E-state index contributed by atoms with van der Waals surface area (Å²) in [6.07, 6.45) is 0. The SMILES string of the molecule is Cc1cc(C(=O)N(C)Cc2ccccc2)c2c(C)nn(-c3cccc(Cl)c3C)c2n1. The normalized spacial score (nSPS) is 11.1. The van der Waals surface area contributed by atoms with Crippen LogP contribution in [0.3, 0.4) is 0 Å². The van der Waals surface area contributed by atoms with Gasteiger partial charge in [-0.3, -0.25) is 4.79 Å². The summed E-state index contributed by atoms with van der Waals surface area (Å²) in [5, 5.41) is 6.15. The Morgan fingerprint density at radius 3 is 2.53 bits per heavy atom. The quantitative estimate of drug-likeness (QED) is 0.453. The number of aromatic nitrogens is 3. The molecule has 0 aliphatic rings. The van der Waals surface area contributed by atoms with Crippen LogP contribution in [0.2, 0.25) is 5.02 Å². The zero-order valence-corrected chi connectivity index (χ0v) is 18.2. The standard InChI is InChI=1S/C24H23ClN4O/c1-15-13-19(24(30)28(4)14-18-9-6-5-7-10-18)22-17(3)27-29(23(22)26-15)21-12-8-11-20(25)16(21)2/h5-13H,14H2,1-4H3. The monoisotopic (exact) mass is 418 g/mol. The highest BCUT2D eigenvalue weighted by Crippen LogP contribution is 2.29. The van der Waals surface area contributed by atoms with Crippen molar-refractivity contribution in [2.24, 2.45) is 0 Å². The number of hydrogen-bond acceptors (Lipinski definition) is 3. The lowest BCUT2D eigenvalue weighted by atomic mass is 10.1. The molecule has 0 aliphatic carbocycles. The van der Waals surface area contributed by atoms with E-state index in [9.17, 15) is 4.79 Å². The Kier molecular flexibility index (Phi) is 5.31. The molecule has 0 N–H and O–H groups in total. The summed E-state index contributed by atoms with van der Waals surface area (Å²) in [5.41, 5.74) is 5.65. The van der Waals surface area contributed by atoms with E-state index >= 15 is 0 Å². The molecule has 152 valence electrons. The average Bonchev–Trinajstić information content (AvgIpc) is 3.05. The molecule has 0 saturated heterocycles. The van der Waals surface area contributed by atoms with Gasteiger partial charge in [0.05, 0.1) is 22.3 Å². The summed E-state index contributed by atoms with van der Waals surface area (Å²) in [6, 6.07) is 17.5. The molecular formula is C24H23ClN4O. The molecule has 0 aliphatic heterocycles. The van der Waals surface area contributed by atoms with Gasteiger partial charge < -0.3 is 4.90 Å². The van der Waals surface area contributed by atoms with Crippen molar-refractivity contribution in [2.45, 2.75) is 27.3 Å². The minimum Gasteiger partial charge on any atom is -0.337 e. The van der Waals surface area contributed by atoms with Crippen LogP contribution in [0.1, 0.15) is 32.9 Å². The van der Waals surface area contributed by atoms with E-state index in [4.69, 9.17) is 21.7 Å². The third-order valence-corrected chi connectivity index (χ3v) is 5.66. The Bertz CT molecular complexity index is 1250. The second-order valence-electron chi connectivity index (χ2n) is 7.54. The molecule has 4 aromatic rings. The second-order valence-corrected chi connectivity index (χ2v) is 7.94. The predicted octanol–water partition coefficient (Wildman–Crippen LogP) is 5.27. The first-order valence-corrected chi connectivity index (χ1v) is 10.2. The molecule has 2 aromatic heterocycles. The Morgan fingerprint density at radius 1 is 1.07 bits per heavy atom. The molecule has 1 amide bonds. The van der Waals surface area contributed by atoms with Crippen molar-refractivity contribution < 1.29 is 4.79 Å². The maximum atomic E-state index is 13.4. The maximum absolute atomic E-state index is 13.4. The molecule has 0 atom stereocenters. The summed E-state index contributed by atoms with van der Waals surface area (Å²) >= 11 is 6.33. The molecule has 2 aromatic carbocycles. The van der Waals surface area contributed by atoms with Gasteiger partial charge in [-0.25, -0.2) is 9.67 Å². The number of carbonyl (C=O) groups is 1. The van der Waals surface area contributed by atoms with E-state index in [1.54, 1.807) is 9.58 Å². The summed E-state index contributed by atoms with van der Waals surface area (Å²) < 4.78 is 1.78. The van der Waals surface area contributed by atoms with E-state index in [1.165, 1.54) is 0 Å². The molecule has 0 spiro atoms. The molecule has 2 heterocycles. The van der Waals surface area contributed by atoms with E-state index in [-0.39, 0.29) is 5.91 Å². The highest BCUT2D eigenvalue weighted by atomic mass is 35.5. The average molecular weight is 419 g/mol. The number of carbonyl (C=O) groups excluding carboxylic acids is 1. The van der Waals surface area contributed by atoms with Gasteiger partial charge in [-0.2, -0.15) is 5.10 Å². The third-order valence-electron chi connectivity index (χ3n) is 5.25. The van der Waals surface area contributed by atoms with Crippen molar-refractivity contribution in [3.8, 4) is 5.69 Å². The first-order chi connectivity index (χ1) is 14.4. The van der Waals surface area contributed by atoms with Crippen LogP contribution in [0.15, 0.2) is 54.6 Å². The van der Waals surface area contributed by atoms with Crippen LogP contribution in [-0.4, -0.2) is 32.6 Å². The lowest BCUT2D eigenvalue weighted by Crippen LogP contribution is -2.26. The van der Waals surface area contributed by atoms with Crippen molar-refractivity contribution in [3.63, 3.8) is 0 Å². The van der Waals surface area contributed by atoms with Gasteiger partial charge in [0, 0.05) is 24.3 Å². The van der Waals surface area contributed by atoms with Crippen molar-refractivity contribution >= 4 is 28.5 Å². The molecule has 0 fully saturated rings. The van der Waals surface area contributed by atoms with Gasteiger partial charge in [0.2, 0.25) is 0 Å². The number of aryl methyl sites for hydroxylation is 2. The fourth-order valence-electron chi connectivity index (χ4n) is 3.71. The molecule has 0 unspecified atom stereocenters. The summed E-state index contributed by atoms with van der Waals surface area (Å²) in [4.78, 5) is 19.8. The van der Waals surface area contributed by atoms with Crippen LogP contribution >= 0.6 is 11.6 Å². The van der Waals surface area contributed by atoms with E-state index < -0.39 is 0 Å². The number of pyridine rings is 1. The molecule has 0 saturated carbocycles. The van der Waals surface area contributed by atoms with Crippen LogP contribution in [0, 0.1) is 20.8 Å². The Balaban J connectivity index is 1.83. The smallest absolute Gasteiger partial charge is 0.254 e. The Hall–Kier alpha value is -3.18. The van der Waals surface area contributed by atoms with Gasteiger partial charge in [0.25, 0.3) is 5.91 Å². The number of benzene rings is 2. The van der Waals surface area contributed by atoms with E-state index in [0.29, 0.717) is 22.8 Å². The van der Waals surface area contributed by atoms with E-state index in [0.717, 1.165) is 33.6 Å². The van der Waals surface area contributed by atoms with Crippen LogP contribution in [-0.2, 0) is 6.54 Å². The number of fused-ring (bicyclic) bond motifs is 1. The molecule has 0 bridgehead atoms. The van der Waals surface area contributed by atoms with Gasteiger partial charge in [-0.1, -0.05) is 48.0 Å². The number of amides is 1. The maximum Gasteiger partial charge on any atom is 0.254 e. The number of nitrogens with zero attached hydrogens (tertiary/aromatic N) is 4. The van der Waals surface area contributed by atoms with Gasteiger partial charge >= 0.3 is 0 Å². The molecule has 5 nitrogen and oxygen atoms in total. The van der Waals surface area contributed by atoms with Crippen molar-refractivity contribution in [3.05, 3.63) is 87.7 Å². The van der Waals surface area contributed by atoms with Crippen molar-refractivity contribution in [1.82, 2.24) is 19.7 Å². The van der Waals surface area contributed by atoms with E-state index in [1.807, 2.05) is 82.4 Å². The lowest BCUT2D eigenvalue weighted by Gasteiger charge is -2.18. The largest absolute Gasteiger partial charge is 0.337 e. The number of hydrogen-bond donors (Lipinski definition) is 0. The Morgan fingerprint density at radius 2 is 1.80 bits per heavy atom. The number of halogens is 1. The zero-order chi connectivity index (χ0) is 21.4. The van der Waals surface area contributed by atoms with Crippen LogP contribution in [0.5, 0.6) is 0 Å². The van der Waals surface area contributed by atoms with Gasteiger partial charge in [0.1, 0.15) is 0 Å². The minimum absolute atomic E-state index is 0.0557. The minimum atomic E-state index is -0.0557. The highest BCUT2D eigenvalue weighted by Gasteiger charge is 2.22. The van der Waals surface area contributed by atoms with Crippen molar-refractivity contribution in [2.75, 3.05) is 7.05 Å². The fraction of sp³-hybridized carbons (Fsp3) is 0.208. The summed E-state index contributed by atoms with van der Waals surface area (Å²) in [6.45, 7) is 6.29. The first kappa shape index (κ1) is 20.1. The predicted molar refractivity (Wildman–Crippen MR) is 120 cm³/mol. The van der Waals surface area contributed by atoms with Gasteiger partial charge in [-0.05, 0) is 50.1 Å². The van der Waals surface area contributed by atoms with Crippen molar-refractivity contribution in [1.29, 1.82) is 0 Å². The molecule has 30 heavy (non-hydrogen) atoms. The molecule has 0 radical (unpaired) electrons. The third kappa shape index (κ3) is 3.57. The van der Waals surface area contributed by atoms with Crippen LogP contribution in [0.25, 0.3) is 16.7 Å². The molecule has 6 heteroatoms. The molecular weight excluding hydrogens is 396 g/mol. The lowest BCUT2D eigenvalue weighted by molar-refractivity contribution is 0.0787.